The van der Waals surface area contributed by atoms with E-state index >= 15 is 0 Å². The quantitative estimate of drug-likeness (QED) is 0.602. The summed E-state index contributed by atoms with van der Waals surface area (Å²) in [6, 6.07) is 1.89. The van der Waals surface area contributed by atoms with E-state index in [4.69, 9.17) is 0 Å². The summed E-state index contributed by atoms with van der Waals surface area (Å²) in [6.07, 6.45) is 4.82. The molecule has 4 heteroatoms. The Bertz CT molecular complexity index is 374. The maximum Gasteiger partial charge on any atom is 0.330 e. The first-order valence-electron chi connectivity index (χ1n) is 4.00. The SMILES string of the molecule is COC(=O)/C=C(/C)c1cncc(Br)c1. The van der Waals surface area contributed by atoms with Gasteiger partial charge in [0.1, 0.15) is 0 Å². The smallest absolute Gasteiger partial charge is 0.330 e. The molecule has 0 amide bonds. The lowest BCUT2D eigenvalue weighted by molar-refractivity contribution is -0.134. The van der Waals surface area contributed by atoms with Gasteiger partial charge in [0.25, 0.3) is 0 Å². The van der Waals surface area contributed by atoms with Gasteiger partial charge >= 0.3 is 5.97 Å². The third-order valence-electron chi connectivity index (χ3n) is 1.70. The average molecular weight is 256 g/mol. The molecule has 0 bridgehead atoms. The molecule has 0 atom stereocenters. The third-order valence-corrected chi connectivity index (χ3v) is 2.13. The zero-order valence-electron chi connectivity index (χ0n) is 7.95. The highest BCUT2D eigenvalue weighted by atomic mass is 79.9. The van der Waals surface area contributed by atoms with Crippen LogP contribution < -0.4 is 0 Å². The maximum atomic E-state index is 10.9. The zero-order valence-corrected chi connectivity index (χ0v) is 9.54. The Morgan fingerprint density at radius 3 is 2.86 bits per heavy atom. The number of carbonyl (C=O) groups is 1. The predicted molar refractivity (Wildman–Crippen MR) is 57.6 cm³/mol. The van der Waals surface area contributed by atoms with Gasteiger partial charge in [0.05, 0.1) is 7.11 Å². The number of hydrogen-bond acceptors (Lipinski definition) is 3. The Kier molecular flexibility index (Phi) is 3.83. The lowest BCUT2D eigenvalue weighted by Gasteiger charge is -2.00. The number of carbonyl (C=O) groups excluding carboxylic acids is 1. The van der Waals surface area contributed by atoms with Crippen LogP contribution in [0.15, 0.2) is 29.0 Å². The largest absolute Gasteiger partial charge is 0.466 e. The molecule has 1 aromatic heterocycles. The van der Waals surface area contributed by atoms with E-state index in [1.54, 1.807) is 12.4 Å². The average Bonchev–Trinajstić information content (AvgIpc) is 2.17. The molecule has 0 aliphatic rings. The molecule has 0 unspecified atom stereocenters. The van der Waals surface area contributed by atoms with E-state index in [0.717, 1.165) is 15.6 Å². The van der Waals surface area contributed by atoms with Gasteiger partial charge in [-0.25, -0.2) is 4.79 Å². The molecule has 14 heavy (non-hydrogen) atoms. The van der Waals surface area contributed by atoms with Crippen molar-refractivity contribution in [1.82, 2.24) is 4.98 Å². The van der Waals surface area contributed by atoms with E-state index in [2.05, 4.69) is 25.7 Å². The fourth-order valence-electron chi connectivity index (χ4n) is 0.947. The number of halogens is 1. The summed E-state index contributed by atoms with van der Waals surface area (Å²) in [7, 11) is 1.35. The number of ether oxygens (including phenoxy) is 1. The summed E-state index contributed by atoms with van der Waals surface area (Å²) >= 11 is 3.31. The number of rotatable bonds is 2. The van der Waals surface area contributed by atoms with Gasteiger partial charge in [0.2, 0.25) is 0 Å². The molecule has 1 aromatic rings. The van der Waals surface area contributed by atoms with E-state index in [1.807, 2.05) is 13.0 Å². The van der Waals surface area contributed by atoms with E-state index in [9.17, 15) is 4.79 Å². The Morgan fingerprint density at radius 2 is 2.29 bits per heavy atom. The summed E-state index contributed by atoms with van der Waals surface area (Å²) in [5.74, 6) is -0.359. The number of allylic oxidation sites excluding steroid dienone is 1. The first-order chi connectivity index (χ1) is 6.63. The summed E-state index contributed by atoms with van der Waals surface area (Å²) < 4.78 is 5.41. The predicted octanol–water partition coefficient (Wildman–Crippen LogP) is 2.42. The standard InChI is InChI=1S/C10H10BrNO2/c1-7(3-10(13)14-2)8-4-9(11)6-12-5-8/h3-6H,1-2H3/b7-3-. The number of methoxy groups -OCH3 is 1. The van der Waals surface area contributed by atoms with Gasteiger partial charge in [-0.1, -0.05) is 0 Å². The molecule has 1 heterocycles. The molecular weight excluding hydrogens is 246 g/mol. The van der Waals surface area contributed by atoms with Crippen LogP contribution in [0.2, 0.25) is 0 Å². The highest BCUT2D eigenvalue weighted by Gasteiger charge is 2.00. The number of esters is 1. The lowest BCUT2D eigenvalue weighted by Crippen LogP contribution is -1.95. The van der Waals surface area contributed by atoms with E-state index in [-0.39, 0.29) is 5.97 Å². The van der Waals surface area contributed by atoms with Crippen molar-refractivity contribution < 1.29 is 9.53 Å². The topological polar surface area (TPSA) is 39.2 Å². The van der Waals surface area contributed by atoms with Crippen LogP contribution in [-0.2, 0) is 9.53 Å². The van der Waals surface area contributed by atoms with Gasteiger partial charge in [0.15, 0.2) is 0 Å². The number of nitrogens with zero attached hydrogens (tertiary/aromatic N) is 1. The van der Waals surface area contributed by atoms with E-state index in [1.165, 1.54) is 13.2 Å². The van der Waals surface area contributed by atoms with Crippen LogP contribution in [-0.4, -0.2) is 18.1 Å². The minimum atomic E-state index is -0.359. The highest BCUT2D eigenvalue weighted by Crippen LogP contribution is 2.16. The van der Waals surface area contributed by atoms with Crippen molar-refractivity contribution in [3.63, 3.8) is 0 Å². The van der Waals surface area contributed by atoms with Crippen LogP contribution in [0.3, 0.4) is 0 Å². The van der Waals surface area contributed by atoms with Crippen LogP contribution in [0.4, 0.5) is 0 Å². The van der Waals surface area contributed by atoms with E-state index < -0.39 is 0 Å². The zero-order chi connectivity index (χ0) is 10.6. The van der Waals surface area contributed by atoms with Crippen molar-refractivity contribution in [1.29, 1.82) is 0 Å². The molecular formula is C10H10BrNO2. The summed E-state index contributed by atoms with van der Waals surface area (Å²) in [6.45, 7) is 1.83. The summed E-state index contributed by atoms with van der Waals surface area (Å²) in [5.41, 5.74) is 1.72. The molecule has 74 valence electrons. The van der Waals surface area contributed by atoms with Crippen molar-refractivity contribution >= 4 is 27.5 Å². The first-order valence-corrected chi connectivity index (χ1v) is 4.80. The second kappa shape index (κ2) is 4.91. The lowest BCUT2D eigenvalue weighted by atomic mass is 10.1. The van der Waals surface area contributed by atoms with Crippen LogP contribution in [0.25, 0.3) is 5.57 Å². The molecule has 0 radical (unpaired) electrons. The molecule has 0 saturated carbocycles. The van der Waals surface area contributed by atoms with Crippen LogP contribution in [0.1, 0.15) is 12.5 Å². The highest BCUT2D eigenvalue weighted by molar-refractivity contribution is 9.10. The number of pyridine rings is 1. The van der Waals surface area contributed by atoms with Crippen molar-refractivity contribution in [3.05, 3.63) is 34.6 Å². The van der Waals surface area contributed by atoms with Crippen molar-refractivity contribution in [2.75, 3.05) is 7.11 Å². The van der Waals surface area contributed by atoms with Gasteiger partial charge in [-0.15, -0.1) is 0 Å². The Morgan fingerprint density at radius 1 is 1.57 bits per heavy atom. The van der Waals surface area contributed by atoms with Gasteiger partial charge in [-0.2, -0.15) is 0 Å². The molecule has 0 N–H and O–H groups in total. The molecule has 0 fully saturated rings. The number of aromatic nitrogens is 1. The minimum Gasteiger partial charge on any atom is -0.466 e. The summed E-state index contributed by atoms with van der Waals surface area (Å²) in [5, 5.41) is 0. The third kappa shape index (κ3) is 2.96. The molecule has 0 aromatic carbocycles. The maximum absolute atomic E-state index is 10.9. The van der Waals surface area contributed by atoms with Gasteiger partial charge in [0, 0.05) is 22.9 Å². The van der Waals surface area contributed by atoms with E-state index in [0.29, 0.717) is 0 Å². The van der Waals surface area contributed by atoms with Gasteiger partial charge in [-0.05, 0) is 40.1 Å². The molecule has 0 spiro atoms. The number of hydrogen-bond donors (Lipinski definition) is 0. The fourth-order valence-corrected chi connectivity index (χ4v) is 1.31. The van der Waals surface area contributed by atoms with Crippen molar-refractivity contribution in [3.8, 4) is 0 Å². The Labute approximate surface area is 90.9 Å². The molecule has 3 nitrogen and oxygen atoms in total. The molecule has 0 aliphatic carbocycles. The second-order valence-corrected chi connectivity index (χ2v) is 3.66. The monoisotopic (exact) mass is 255 g/mol. The van der Waals surface area contributed by atoms with Crippen molar-refractivity contribution in [2.24, 2.45) is 0 Å². The van der Waals surface area contributed by atoms with Gasteiger partial charge in [-0.3, -0.25) is 4.98 Å². The second-order valence-electron chi connectivity index (χ2n) is 2.74. The van der Waals surface area contributed by atoms with Gasteiger partial charge < -0.3 is 4.74 Å². The molecule has 0 saturated heterocycles. The molecule has 0 aliphatic heterocycles. The normalized spacial score (nSPS) is 11.2. The minimum absolute atomic E-state index is 0.359. The Hall–Kier alpha value is -1.16. The van der Waals surface area contributed by atoms with Crippen LogP contribution in [0, 0.1) is 0 Å². The first kappa shape index (κ1) is 10.9. The van der Waals surface area contributed by atoms with Crippen LogP contribution in [0.5, 0.6) is 0 Å². The Balaban J connectivity index is 2.94. The van der Waals surface area contributed by atoms with Crippen LogP contribution >= 0.6 is 15.9 Å². The van der Waals surface area contributed by atoms with Crippen molar-refractivity contribution in [2.45, 2.75) is 6.92 Å². The summed E-state index contributed by atoms with van der Waals surface area (Å²) in [4.78, 5) is 14.9. The molecule has 1 rings (SSSR count). The fraction of sp³-hybridized carbons (Fsp3) is 0.200.